The summed E-state index contributed by atoms with van der Waals surface area (Å²) in [6.45, 7) is 6.05. The number of aldehydes is 1. The molecule has 3 rings (SSSR count). The van der Waals surface area contributed by atoms with Gasteiger partial charge in [-0.15, -0.1) is 0 Å². The molecule has 0 fully saturated rings. The minimum absolute atomic E-state index is 0.0382. The van der Waals surface area contributed by atoms with Gasteiger partial charge in [0.05, 0.1) is 11.7 Å². The average molecular weight is 340 g/mol. The Hall–Kier alpha value is -2.62. The first-order valence-electron chi connectivity index (χ1n) is 8.50. The molecule has 0 aliphatic carbocycles. The number of furan rings is 1. The fraction of sp³-hybridized carbons (Fsp3) is 0.286. The Morgan fingerprint density at radius 1 is 1.20 bits per heavy atom. The second-order valence-corrected chi connectivity index (χ2v) is 6.34. The highest BCUT2D eigenvalue weighted by atomic mass is 19.1. The highest BCUT2D eigenvalue weighted by Crippen LogP contribution is 2.37. The number of carbonyl (C=O) groups is 1. The number of ether oxygens (including phenoxy) is 1. The molecule has 0 N–H and O–H groups in total. The van der Waals surface area contributed by atoms with Gasteiger partial charge in [0.25, 0.3) is 0 Å². The largest absolute Gasteiger partial charge is 0.491 e. The van der Waals surface area contributed by atoms with Gasteiger partial charge >= 0.3 is 0 Å². The predicted molar refractivity (Wildman–Crippen MR) is 96.8 cm³/mol. The molecule has 0 spiro atoms. The number of hydrogen-bond acceptors (Lipinski definition) is 3. The van der Waals surface area contributed by atoms with Crippen LogP contribution in [-0.4, -0.2) is 12.4 Å². The fourth-order valence-corrected chi connectivity index (χ4v) is 2.95. The third-order valence-electron chi connectivity index (χ3n) is 4.02. The van der Waals surface area contributed by atoms with Crippen molar-refractivity contribution in [2.45, 2.75) is 39.7 Å². The van der Waals surface area contributed by atoms with Gasteiger partial charge in [0, 0.05) is 10.9 Å². The Morgan fingerprint density at radius 2 is 1.92 bits per heavy atom. The fourth-order valence-electron chi connectivity index (χ4n) is 2.95. The predicted octanol–water partition coefficient (Wildman–Crippen LogP) is 5.79. The molecule has 0 unspecified atom stereocenters. The van der Waals surface area contributed by atoms with E-state index in [1.807, 2.05) is 26.0 Å². The topological polar surface area (TPSA) is 39.4 Å². The molecule has 2 aromatic carbocycles. The zero-order valence-corrected chi connectivity index (χ0v) is 14.6. The van der Waals surface area contributed by atoms with Gasteiger partial charge in [-0.2, -0.15) is 0 Å². The smallest absolute Gasteiger partial charge is 0.154 e. The second-order valence-electron chi connectivity index (χ2n) is 6.34. The SMILES string of the molecule is CCCc1cc2oc(-c3ccc(F)cc3)c(C=O)c2cc1OC(C)C. The summed E-state index contributed by atoms with van der Waals surface area (Å²) >= 11 is 0. The zero-order chi connectivity index (χ0) is 18.0. The van der Waals surface area contributed by atoms with Crippen LogP contribution in [-0.2, 0) is 6.42 Å². The van der Waals surface area contributed by atoms with Gasteiger partial charge in [0.1, 0.15) is 22.9 Å². The van der Waals surface area contributed by atoms with Crippen LogP contribution in [0, 0.1) is 5.82 Å². The summed E-state index contributed by atoms with van der Waals surface area (Å²) in [4.78, 5) is 11.7. The number of hydrogen-bond donors (Lipinski definition) is 0. The van der Waals surface area contributed by atoms with Gasteiger partial charge in [0.15, 0.2) is 6.29 Å². The molecule has 1 heterocycles. The van der Waals surface area contributed by atoms with E-state index in [0.29, 0.717) is 27.9 Å². The highest BCUT2D eigenvalue weighted by Gasteiger charge is 2.18. The van der Waals surface area contributed by atoms with Crippen LogP contribution in [0.2, 0.25) is 0 Å². The molecule has 25 heavy (non-hydrogen) atoms. The first-order chi connectivity index (χ1) is 12.0. The molecule has 0 aliphatic rings. The summed E-state index contributed by atoms with van der Waals surface area (Å²) in [7, 11) is 0. The van der Waals surface area contributed by atoms with E-state index in [1.165, 1.54) is 12.1 Å². The van der Waals surface area contributed by atoms with Gasteiger partial charge in [-0.1, -0.05) is 13.3 Å². The average Bonchev–Trinajstić information content (AvgIpc) is 2.93. The molecule has 3 aromatic rings. The minimum Gasteiger partial charge on any atom is -0.491 e. The molecule has 3 nitrogen and oxygen atoms in total. The molecular weight excluding hydrogens is 319 g/mol. The van der Waals surface area contributed by atoms with Crippen LogP contribution >= 0.6 is 0 Å². The molecule has 0 saturated carbocycles. The van der Waals surface area contributed by atoms with Crippen molar-refractivity contribution in [1.29, 1.82) is 0 Å². The number of rotatable bonds is 6. The van der Waals surface area contributed by atoms with Crippen LogP contribution in [0.5, 0.6) is 5.75 Å². The van der Waals surface area contributed by atoms with Crippen LogP contribution in [0.1, 0.15) is 43.1 Å². The third-order valence-corrected chi connectivity index (χ3v) is 4.02. The summed E-state index contributed by atoms with van der Waals surface area (Å²) < 4.78 is 25.1. The summed E-state index contributed by atoms with van der Waals surface area (Å²) in [5.41, 5.74) is 2.82. The number of aryl methyl sites for hydroxylation is 1. The normalized spacial score (nSPS) is 11.2. The van der Waals surface area contributed by atoms with Crippen molar-refractivity contribution >= 4 is 17.3 Å². The minimum atomic E-state index is -0.328. The van der Waals surface area contributed by atoms with Crippen molar-refractivity contribution in [2.75, 3.05) is 0 Å². The standard InChI is InChI=1S/C21H21FO3/c1-4-5-15-10-20-17(11-19(15)24-13(2)3)18(12-23)21(25-20)14-6-8-16(22)9-7-14/h6-13H,4-5H2,1-3H3. The summed E-state index contributed by atoms with van der Waals surface area (Å²) in [5, 5.41) is 0.713. The first kappa shape index (κ1) is 17.2. The molecule has 0 bridgehead atoms. The number of fused-ring (bicyclic) bond motifs is 1. The van der Waals surface area contributed by atoms with Crippen LogP contribution in [0.4, 0.5) is 4.39 Å². The van der Waals surface area contributed by atoms with Crippen LogP contribution < -0.4 is 4.74 Å². The van der Waals surface area contributed by atoms with E-state index in [4.69, 9.17) is 9.15 Å². The van der Waals surface area contributed by atoms with Crippen LogP contribution in [0.15, 0.2) is 40.8 Å². The molecule has 1 aromatic heterocycles. The third kappa shape index (κ3) is 3.43. The van der Waals surface area contributed by atoms with E-state index in [0.717, 1.165) is 30.4 Å². The van der Waals surface area contributed by atoms with Gasteiger partial charge < -0.3 is 9.15 Å². The molecule has 0 atom stereocenters. The Bertz CT molecular complexity index is 892. The van der Waals surface area contributed by atoms with Crippen molar-refractivity contribution < 1.29 is 18.3 Å². The van der Waals surface area contributed by atoms with Gasteiger partial charge in [-0.3, -0.25) is 4.79 Å². The van der Waals surface area contributed by atoms with E-state index in [-0.39, 0.29) is 11.9 Å². The van der Waals surface area contributed by atoms with Crippen molar-refractivity contribution in [3.63, 3.8) is 0 Å². The van der Waals surface area contributed by atoms with Crippen LogP contribution in [0.3, 0.4) is 0 Å². The molecular formula is C21H21FO3. The molecule has 0 amide bonds. The number of carbonyl (C=O) groups excluding carboxylic acids is 1. The Kier molecular flexibility index (Phi) is 4.88. The highest BCUT2D eigenvalue weighted by molar-refractivity contribution is 6.03. The molecule has 0 aliphatic heterocycles. The number of halogens is 1. The van der Waals surface area contributed by atoms with Crippen molar-refractivity contribution in [2.24, 2.45) is 0 Å². The maximum Gasteiger partial charge on any atom is 0.154 e. The van der Waals surface area contributed by atoms with Crippen molar-refractivity contribution in [1.82, 2.24) is 0 Å². The molecule has 0 radical (unpaired) electrons. The quantitative estimate of drug-likeness (QED) is 0.533. The lowest BCUT2D eigenvalue weighted by atomic mass is 10.0. The Balaban J connectivity index is 2.20. The van der Waals surface area contributed by atoms with Crippen molar-refractivity contribution in [3.8, 4) is 17.1 Å². The zero-order valence-electron chi connectivity index (χ0n) is 14.6. The Morgan fingerprint density at radius 3 is 2.52 bits per heavy atom. The maximum atomic E-state index is 13.2. The number of benzene rings is 2. The lowest BCUT2D eigenvalue weighted by molar-refractivity contribution is 0.112. The van der Waals surface area contributed by atoms with Gasteiger partial charge in [-0.05, 0) is 62.2 Å². The van der Waals surface area contributed by atoms with E-state index in [2.05, 4.69) is 6.92 Å². The molecule has 4 heteroatoms. The lowest BCUT2D eigenvalue weighted by Crippen LogP contribution is -2.07. The van der Waals surface area contributed by atoms with Crippen LogP contribution in [0.25, 0.3) is 22.3 Å². The van der Waals surface area contributed by atoms with E-state index < -0.39 is 0 Å². The summed E-state index contributed by atoms with van der Waals surface area (Å²) in [6, 6.07) is 9.74. The molecule has 0 saturated heterocycles. The first-order valence-corrected chi connectivity index (χ1v) is 8.50. The van der Waals surface area contributed by atoms with E-state index in [9.17, 15) is 9.18 Å². The second kappa shape index (κ2) is 7.09. The van der Waals surface area contributed by atoms with E-state index >= 15 is 0 Å². The maximum absolute atomic E-state index is 13.2. The monoisotopic (exact) mass is 340 g/mol. The van der Waals surface area contributed by atoms with Gasteiger partial charge in [0.2, 0.25) is 0 Å². The molecule has 130 valence electrons. The van der Waals surface area contributed by atoms with E-state index in [1.54, 1.807) is 12.1 Å². The van der Waals surface area contributed by atoms with Crippen molar-refractivity contribution in [3.05, 3.63) is 53.3 Å². The van der Waals surface area contributed by atoms with Gasteiger partial charge in [-0.25, -0.2) is 4.39 Å². The lowest BCUT2D eigenvalue weighted by Gasteiger charge is -2.14. The summed E-state index contributed by atoms with van der Waals surface area (Å²) in [6.07, 6.45) is 2.66. The summed E-state index contributed by atoms with van der Waals surface area (Å²) in [5.74, 6) is 0.901. The Labute approximate surface area is 146 Å².